The maximum atomic E-state index is 11.8. The summed E-state index contributed by atoms with van der Waals surface area (Å²) in [4.78, 5) is 11.8. The predicted octanol–water partition coefficient (Wildman–Crippen LogP) is 7.38. The number of nitrogens with two attached hydrogens (primary N) is 2. The molecule has 0 saturated heterocycles. The summed E-state index contributed by atoms with van der Waals surface area (Å²) in [5, 5.41) is 0. The van der Waals surface area contributed by atoms with Gasteiger partial charge in [0, 0.05) is 17.5 Å². The van der Waals surface area contributed by atoms with E-state index in [-0.39, 0.29) is 5.97 Å². The van der Waals surface area contributed by atoms with Gasteiger partial charge in [0.15, 0.2) is 0 Å². The van der Waals surface area contributed by atoms with E-state index in [4.69, 9.17) is 20.9 Å². The molecule has 4 N–H and O–H groups in total. The standard InChI is InChI=1S/C33H34N2O3/c34-30-22-29(23-31(35)24-30)28-13-11-26(12-14-28)27-15-17-32(18-16-27)37-20-6-1-2-7-21-38-33(36)19-10-25-8-4-3-5-9-25/h3-5,8-19,22-24H,1-2,6-7,20-21,34-35H2. The van der Waals surface area contributed by atoms with E-state index in [9.17, 15) is 4.79 Å². The number of rotatable bonds is 12. The molecule has 4 aromatic rings. The summed E-state index contributed by atoms with van der Waals surface area (Å²) >= 11 is 0. The van der Waals surface area contributed by atoms with Gasteiger partial charge in [-0.15, -0.1) is 0 Å². The van der Waals surface area contributed by atoms with Crippen molar-refractivity contribution in [1.82, 2.24) is 0 Å². The van der Waals surface area contributed by atoms with Crippen molar-refractivity contribution >= 4 is 23.4 Å². The fraction of sp³-hybridized carbons (Fsp3) is 0.182. The Balaban J connectivity index is 1.12. The van der Waals surface area contributed by atoms with Crippen molar-refractivity contribution in [3.63, 3.8) is 0 Å². The average molecular weight is 507 g/mol. The lowest BCUT2D eigenvalue weighted by atomic mass is 9.99. The Hall–Kier alpha value is -4.51. The van der Waals surface area contributed by atoms with Gasteiger partial charge in [-0.3, -0.25) is 0 Å². The molecule has 5 heteroatoms. The number of esters is 1. The van der Waals surface area contributed by atoms with Crippen LogP contribution >= 0.6 is 0 Å². The van der Waals surface area contributed by atoms with Crippen LogP contribution < -0.4 is 16.2 Å². The minimum Gasteiger partial charge on any atom is -0.494 e. The molecule has 0 aliphatic carbocycles. The first-order valence-electron chi connectivity index (χ1n) is 13.0. The van der Waals surface area contributed by atoms with Crippen LogP contribution in [0.3, 0.4) is 0 Å². The van der Waals surface area contributed by atoms with E-state index in [1.807, 2.05) is 54.6 Å². The molecule has 5 nitrogen and oxygen atoms in total. The van der Waals surface area contributed by atoms with E-state index in [1.165, 1.54) is 6.08 Å². The SMILES string of the molecule is Nc1cc(N)cc(-c2ccc(-c3ccc(OCCCCCCOC(=O)C=Cc4ccccc4)cc3)cc2)c1. The van der Waals surface area contributed by atoms with Gasteiger partial charge in [0.05, 0.1) is 13.2 Å². The topological polar surface area (TPSA) is 87.6 Å². The van der Waals surface area contributed by atoms with Crippen LogP contribution in [0.1, 0.15) is 31.2 Å². The maximum absolute atomic E-state index is 11.8. The summed E-state index contributed by atoms with van der Waals surface area (Å²) < 4.78 is 11.2. The van der Waals surface area contributed by atoms with E-state index in [0.717, 1.165) is 59.3 Å². The average Bonchev–Trinajstić information content (AvgIpc) is 2.94. The van der Waals surface area contributed by atoms with E-state index >= 15 is 0 Å². The number of anilines is 2. The molecule has 0 unspecified atom stereocenters. The lowest BCUT2D eigenvalue weighted by molar-refractivity contribution is -0.137. The molecule has 0 aliphatic heterocycles. The Morgan fingerprint density at radius 3 is 1.82 bits per heavy atom. The number of carbonyl (C=O) groups excluding carboxylic acids is 1. The van der Waals surface area contributed by atoms with Crippen molar-refractivity contribution in [2.45, 2.75) is 25.7 Å². The minimum absolute atomic E-state index is 0.303. The number of carbonyl (C=O) groups is 1. The van der Waals surface area contributed by atoms with Gasteiger partial charge in [0.2, 0.25) is 0 Å². The highest BCUT2D eigenvalue weighted by atomic mass is 16.5. The van der Waals surface area contributed by atoms with E-state index in [0.29, 0.717) is 24.6 Å². The largest absolute Gasteiger partial charge is 0.494 e. The Morgan fingerprint density at radius 2 is 1.18 bits per heavy atom. The van der Waals surface area contributed by atoms with Gasteiger partial charge in [0.1, 0.15) is 5.75 Å². The summed E-state index contributed by atoms with van der Waals surface area (Å²) in [6.45, 7) is 1.10. The lowest BCUT2D eigenvalue weighted by Crippen LogP contribution is -2.02. The molecular formula is C33H34N2O3. The quantitative estimate of drug-likeness (QED) is 0.0906. The van der Waals surface area contributed by atoms with Gasteiger partial charge < -0.3 is 20.9 Å². The molecule has 194 valence electrons. The zero-order valence-corrected chi connectivity index (χ0v) is 21.5. The zero-order chi connectivity index (χ0) is 26.6. The Labute approximate surface area is 224 Å². The zero-order valence-electron chi connectivity index (χ0n) is 21.5. The first-order valence-corrected chi connectivity index (χ1v) is 13.0. The third-order valence-electron chi connectivity index (χ3n) is 6.15. The van der Waals surface area contributed by atoms with Crippen LogP contribution in [0.15, 0.2) is 103 Å². The highest BCUT2D eigenvalue weighted by Crippen LogP contribution is 2.28. The van der Waals surface area contributed by atoms with Crippen molar-refractivity contribution in [2.24, 2.45) is 0 Å². The molecule has 0 saturated carbocycles. The van der Waals surface area contributed by atoms with Crippen LogP contribution in [0.2, 0.25) is 0 Å². The number of hydrogen-bond acceptors (Lipinski definition) is 5. The molecule has 0 aliphatic rings. The van der Waals surface area contributed by atoms with Crippen LogP contribution in [0.25, 0.3) is 28.3 Å². The van der Waals surface area contributed by atoms with Crippen LogP contribution in [-0.4, -0.2) is 19.2 Å². The molecule has 0 amide bonds. The van der Waals surface area contributed by atoms with E-state index in [2.05, 4.69) is 36.4 Å². The fourth-order valence-corrected chi connectivity index (χ4v) is 4.14. The molecule has 0 fully saturated rings. The lowest BCUT2D eigenvalue weighted by Gasteiger charge is -2.09. The summed E-state index contributed by atoms with van der Waals surface area (Å²) in [6.07, 6.45) is 7.07. The van der Waals surface area contributed by atoms with Gasteiger partial charge in [-0.2, -0.15) is 0 Å². The molecule has 0 heterocycles. The number of hydrogen-bond donors (Lipinski definition) is 2. The van der Waals surface area contributed by atoms with Gasteiger partial charge in [-0.05, 0) is 89.9 Å². The molecule has 4 rings (SSSR count). The molecule has 38 heavy (non-hydrogen) atoms. The highest BCUT2D eigenvalue weighted by Gasteiger charge is 2.04. The fourth-order valence-electron chi connectivity index (χ4n) is 4.14. The highest BCUT2D eigenvalue weighted by molar-refractivity contribution is 5.87. The third-order valence-corrected chi connectivity index (χ3v) is 6.15. The molecule has 0 atom stereocenters. The van der Waals surface area contributed by atoms with Crippen molar-refractivity contribution < 1.29 is 14.3 Å². The molecule has 4 aromatic carbocycles. The van der Waals surface area contributed by atoms with Gasteiger partial charge in [0.25, 0.3) is 0 Å². The van der Waals surface area contributed by atoms with Crippen LogP contribution in [0, 0.1) is 0 Å². The first kappa shape index (κ1) is 26.6. The molecular weight excluding hydrogens is 472 g/mol. The second-order valence-electron chi connectivity index (χ2n) is 9.16. The van der Waals surface area contributed by atoms with Crippen molar-refractivity contribution in [2.75, 3.05) is 24.7 Å². The Morgan fingerprint density at radius 1 is 0.632 bits per heavy atom. The van der Waals surface area contributed by atoms with Gasteiger partial charge in [-0.25, -0.2) is 4.79 Å². The summed E-state index contributed by atoms with van der Waals surface area (Å²) in [6, 6.07) is 31.8. The summed E-state index contributed by atoms with van der Waals surface area (Å²) in [5.41, 5.74) is 18.5. The maximum Gasteiger partial charge on any atom is 0.330 e. The van der Waals surface area contributed by atoms with E-state index in [1.54, 1.807) is 12.1 Å². The normalized spacial score (nSPS) is 10.9. The van der Waals surface area contributed by atoms with Gasteiger partial charge in [-0.1, -0.05) is 66.7 Å². The number of unbranched alkanes of at least 4 members (excludes halogenated alkanes) is 3. The number of nitrogen functional groups attached to an aromatic ring is 2. The molecule has 0 spiro atoms. The number of ether oxygens (including phenoxy) is 2. The Kier molecular flexibility index (Phi) is 9.57. The van der Waals surface area contributed by atoms with Crippen molar-refractivity contribution in [3.05, 3.63) is 109 Å². The first-order chi connectivity index (χ1) is 18.6. The predicted molar refractivity (Wildman–Crippen MR) is 157 cm³/mol. The van der Waals surface area contributed by atoms with Gasteiger partial charge >= 0.3 is 5.97 Å². The monoisotopic (exact) mass is 506 g/mol. The third kappa shape index (κ3) is 8.27. The van der Waals surface area contributed by atoms with Crippen LogP contribution in [0.5, 0.6) is 5.75 Å². The van der Waals surface area contributed by atoms with Crippen LogP contribution in [0.4, 0.5) is 11.4 Å². The summed E-state index contributed by atoms with van der Waals surface area (Å²) in [5.74, 6) is 0.558. The smallest absolute Gasteiger partial charge is 0.330 e. The second-order valence-corrected chi connectivity index (χ2v) is 9.16. The number of benzene rings is 4. The van der Waals surface area contributed by atoms with E-state index < -0.39 is 0 Å². The summed E-state index contributed by atoms with van der Waals surface area (Å²) in [7, 11) is 0. The molecule has 0 aromatic heterocycles. The second kappa shape index (κ2) is 13.7. The minimum atomic E-state index is -0.303. The van der Waals surface area contributed by atoms with Crippen LogP contribution in [-0.2, 0) is 9.53 Å². The van der Waals surface area contributed by atoms with Crippen molar-refractivity contribution in [3.8, 4) is 28.0 Å². The Bertz CT molecular complexity index is 1310. The molecule has 0 radical (unpaired) electrons. The molecule has 0 bridgehead atoms. The van der Waals surface area contributed by atoms with Crippen molar-refractivity contribution in [1.29, 1.82) is 0 Å².